The molecule has 6 N–H and O–H groups in total. The molecule has 20 heteroatoms. The normalized spacial score (nSPS) is 19.8. The molecule has 6 amide bonds. The molecule has 0 unspecified atom stereocenters. The summed E-state index contributed by atoms with van der Waals surface area (Å²) in [4.78, 5) is 93.0. The molecule has 0 spiro atoms. The van der Waals surface area contributed by atoms with Crippen LogP contribution >= 0.6 is 0 Å². The molecule has 2 aliphatic rings. The number of hydrogen-bond donors (Lipinski definition) is 6. The highest BCUT2D eigenvalue weighted by molar-refractivity contribution is 5.96. The Balaban J connectivity index is 1.51. The quantitative estimate of drug-likeness (QED) is 0.0714. The van der Waals surface area contributed by atoms with Gasteiger partial charge in [-0.3, -0.25) is 28.9 Å². The van der Waals surface area contributed by atoms with Crippen molar-refractivity contribution in [2.24, 2.45) is 5.92 Å². The maximum Gasteiger partial charge on any atom is 0.410 e. The minimum atomic E-state index is -1.16. The molecule has 1 aromatic rings. The number of likely N-dealkylation sites (N-methyl/N-ethyl adjacent to an activating group) is 1. The number of aliphatic hydroxyl groups excluding tert-OH is 1. The predicted octanol–water partition coefficient (Wildman–Crippen LogP) is 0.120. The van der Waals surface area contributed by atoms with Crippen LogP contribution in [-0.2, 0) is 52.5 Å². The van der Waals surface area contributed by atoms with Gasteiger partial charge >= 0.3 is 12.1 Å². The molecule has 3 rings (SSSR count). The Morgan fingerprint density at radius 2 is 1.44 bits per heavy atom. The molecule has 20 nitrogen and oxygen atoms in total. The summed E-state index contributed by atoms with van der Waals surface area (Å²) >= 11 is 0. The van der Waals surface area contributed by atoms with Gasteiger partial charge in [-0.1, -0.05) is 37.3 Å². The smallest absolute Gasteiger partial charge is 0.410 e. The van der Waals surface area contributed by atoms with Crippen LogP contribution in [0.25, 0.3) is 0 Å². The van der Waals surface area contributed by atoms with Crippen molar-refractivity contribution >= 4 is 41.6 Å². The Hall–Kier alpha value is -4.89. The lowest BCUT2D eigenvalue weighted by Gasteiger charge is -2.34. The van der Waals surface area contributed by atoms with Crippen molar-refractivity contribution in [2.45, 2.75) is 95.6 Å². The van der Waals surface area contributed by atoms with Crippen molar-refractivity contribution in [2.75, 3.05) is 79.6 Å². The first-order valence-electron chi connectivity index (χ1n) is 20.7. The van der Waals surface area contributed by atoms with E-state index in [0.717, 1.165) is 0 Å². The van der Waals surface area contributed by atoms with Crippen molar-refractivity contribution in [3.05, 3.63) is 35.9 Å². The Kier molecular flexibility index (Phi) is 21.3. The minimum Gasteiger partial charge on any atom is -0.480 e. The van der Waals surface area contributed by atoms with E-state index in [1.165, 1.54) is 16.8 Å². The number of ether oxygens (including phenoxy) is 5. The molecule has 61 heavy (non-hydrogen) atoms. The zero-order valence-corrected chi connectivity index (χ0v) is 35.9. The monoisotopic (exact) mass is 864 g/mol. The molecule has 0 saturated carbocycles. The van der Waals surface area contributed by atoms with Gasteiger partial charge in [0.15, 0.2) is 0 Å². The van der Waals surface area contributed by atoms with Gasteiger partial charge in [0.1, 0.15) is 43.0 Å². The number of hydrogen-bond acceptors (Lipinski definition) is 13. The van der Waals surface area contributed by atoms with Gasteiger partial charge in [-0.2, -0.15) is 0 Å². The van der Waals surface area contributed by atoms with Gasteiger partial charge in [-0.15, -0.1) is 0 Å². The van der Waals surface area contributed by atoms with E-state index < -0.39 is 83.9 Å². The fourth-order valence-corrected chi connectivity index (χ4v) is 7.03. The van der Waals surface area contributed by atoms with Crippen molar-refractivity contribution in [1.82, 2.24) is 31.1 Å². The molecule has 0 aromatic heterocycles. The Morgan fingerprint density at radius 1 is 0.836 bits per heavy atom. The minimum absolute atomic E-state index is 0.135. The van der Waals surface area contributed by atoms with E-state index in [4.69, 9.17) is 28.8 Å². The summed E-state index contributed by atoms with van der Waals surface area (Å²) in [6.45, 7) is 7.40. The summed E-state index contributed by atoms with van der Waals surface area (Å²) in [6, 6.07) is 4.22. The van der Waals surface area contributed by atoms with Gasteiger partial charge in [0, 0.05) is 38.7 Å². The number of aliphatic carboxylic acids is 1. The van der Waals surface area contributed by atoms with Crippen LogP contribution in [0.3, 0.4) is 0 Å². The number of nitrogens with one attached hydrogen (secondary N) is 4. The van der Waals surface area contributed by atoms with Crippen LogP contribution in [0.4, 0.5) is 4.79 Å². The number of aliphatic hydroxyl groups is 1. The third-order valence-corrected chi connectivity index (χ3v) is 10.0. The van der Waals surface area contributed by atoms with Crippen LogP contribution in [-0.4, -0.2) is 171 Å². The highest BCUT2D eigenvalue weighted by Gasteiger charge is 2.48. The third-order valence-electron chi connectivity index (χ3n) is 10.0. The first kappa shape index (κ1) is 50.5. The number of fused-ring (bicyclic) bond motifs is 1. The zero-order valence-electron chi connectivity index (χ0n) is 35.9. The van der Waals surface area contributed by atoms with Crippen LogP contribution in [0.1, 0.15) is 71.4 Å². The first-order valence-corrected chi connectivity index (χ1v) is 20.7. The Bertz CT molecular complexity index is 1590. The first-order chi connectivity index (χ1) is 29.1. The van der Waals surface area contributed by atoms with Crippen LogP contribution in [0.5, 0.6) is 0 Å². The summed E-state index contributed by atoms with van der Waals surface area (Å²) in [7, 11) is 1.45. The number of carbonyl (C=O) groups excluding carboxylic acids is 6. The molecular weight excluding hydrogens is 800 g/mol. The van der Waals surface area contributed by atoms with Crippen LogP contribution in [0.2, 0.25) is 0 Å². The van der Waals surface area contributed by atoms with Crippen molar-refractivity contribution in [1.29, 1.82) is 0 Å². The second-order valence-electron chi connectivity index (χ2n) is 15.7. The number of benzene rings is 1. The highest BCUT2D eigenvalue weighted by atomic mass is 16.6. The van der Waals surface area contributed by atoms with Gasteiger partial charge in [0.05, 0.1) is 39.6 Å². The van der Waals surface area contributed by atoms with Gasteiger partial charge in [0.2, 0.25) is 29.5 Å². The van der Waals surface area contributed by atoms with Crippen molar-refractivity contribution in [3.63, 3.8) is 0 Å². The van der Waals surface area contributed by atoms with E-state index >= 15 is 0 Å². The van der Waals surface area contributed by atoms with E-state index in [-0.39, 0.29) is 78.4 Å². The molecule has 0 radical (unpaired) electrons. The summed E-state index contributed by atoms with van der Waals surface area (Å²) < 4.78 is 26.5. The molecule has 2 fully saturated rings. The maximum atomic E-state index is 14.3. The fourth-order valence-electron chi connectivity index (χ4n) is 7.03. The van der Waals surface area contributed by atoms with Crippen LogP contribution in [0.15, 0.2) is 30.3 Å². The number of carbonyl (C=O) groups is 7. The van der Waals surface area contributed by atoms with Gasteiger partial charge in [-0.25, -0.2) is 9.59 Å². The summed E-state index contributed by atoms with van der Waals surface area (Å²) in [5.41, 5.74) is -0.263. The summed E-state index contributed by atoms with van der Waals surface area (Å²) in [5, 5.41) is 29.8. The topological polar surface area (TPSA) is 261 Å². The van der Waals surface area contributed by atoms with Crippen molar-refractivity contribution in [3.8, 4) is 0 Å². The van der Waals surface area contributed by atoms with E-state index in [0.29, 0.717) is 31.2 Å². The molecule has 2 saturated heterocycles. The van der Waals surface area contributed by atoms with Crippen molar-refractivity contribution < 1.29 is 67.5 Å². The molecule has 342 valence electrons. The highest BCUT2D eigenvalue weighted by Crippen LogP contribution is 2.34. The number of rotatable bonds is 25. The predicted molar refractivity (Wildman–Crippen MR) is 218 cm³/mol. The van der Waals surface area contributed by atoms with Gasteiger partial charge in [-0.05, 0) is 58.4 Å². The zero-order chi connectivity index (χ0) is 45.0. The van der Waals surface area contributed by atoms with Crippen LogP contribution < -0.4 is 21.3 Å². The third kappa shape index (κ3) is 16.8. The summed E-state index contributed by atoms with van der Waals surface area (Å²) in [5.74, 6) is -4.35. The van der Waals surface area contributed by atoms with Crippen LogP contribution in [0, 0.1) is 5.92 Å². The van der Waals surface area contributed by atoms with Gasteiger partial charge in [0.25, 0.3) is 0 Å². The van der Waals surface area contributed by atoms with E-state index in [1.54, 1.807) is 58.0 Å². The number of amides is 6. The average molecular weight is 865 g/mol. The lowest BCUT2D eigenvalue weighted by atomic mass is 9.93. The largest absolute Gasteiger partial charge is 0.480 e. The molecule has 1 aromatic carbocycles. The number of carboxylic acids is 1. The Labute approximate surface area is 356 Å². The SMILES string of the molecule is CC[C@@H](C(=O)N[C@@H]1C(=O)N2[C@@H](CC[C@@H]1CO)CC[C@H]2C(=O)N[C@H](C(=O)NCCOCCOCCOCCNC(=O)COCC(=O)O)c1ccccc1)N(C)C(=O)OC(C)(C)C. The van der Waals surface area contributed by atoms with Gasteiger partial charge < -0.3 is 60.1 Å². The Morgan fingerprint density at radius 3 is 2.03 bits per heavy atom. The lowest BCUT2D eigenvalue weighted by molar-refractivity contribution is -0.145. The molecular formula is C41H64N6O14. The van der Waals surface area contributed by atoms with E-state index in [2.05, 4.69) is 21.3 Å². The maximum absolute atomic E-state index is 14.3. The second-order valence-corrected chi connectivity index (χ2v) is 15.7. The standard InChI is InChI=1S/C41H64N6O14/c1-6-30(46(5)40(56)61-41(2,3)4)36(52)45-35-28(24-48)12-13-29-14-15-31(47(29)39(35)55)37(53)44-34(27-10-8-7-9-11-27)38(54)43-17-19-58-21-23-59-22-20-57-18-16-42-32(49)25-60-26-33(50)51/h7-11,28-31,34-35,48H,6,12-26H2,1-5H3,(H,42,49)(H,43,54)(H,44,53)(H,45,52)(H,50,51)/t28-,29+,30+,31+,34+,35+/m1/s1. The van der Waals surface area contributed by atoms with E-state index in [9.17, 15) is 38.7 Å². The molecule has 6 atom stereocenters. The molecule has 2 heterocycles. The number of carboxylic acid groups (broad SMARTS) is 1. The second kappa shape index (κ2) is 25.8. The molecule has 0 aliphatic carbocycles. The average Bonchev–Trinajstić information content (AvgIpc) is 3.59. The fraction of sp³-hybridized carbons (Fsp3) is 0.683. The summed E-state index contributed by atoms with van der Waals surface area (Å²) in [6.07, 6.45) is 1.30. The number of nitrogens with zero attached hydrogens (tertiary/aromatic N) is 2. The van der Waals surface area contributed by atoms with E-state index in [1.807, 2.05) is 0 Å². The molecule has 2 aliphatic heterocycles. The molecule has 0 bridgehead atoms. The lowest BCUT2D eigenvalue weighted by Crippen LogP contribution is -2.59.